The number of carbonyl (C=O) groups excluding carboxylic acids is 3. The first-order valence-electron chi connectivity index (χ1n) is 7.64. The molecule has 0 bridgehead atoms. The van der Waals surface area contributed by atoms with Crippen molar-refractivity contribution in [2.75, 3.05) is 5.32 Å². The van der Waals surface area contributed by atoms with Crippen LogP contribution < -0.4 is 16.2 Å². The Bertz CT molecular complexity index is 788. The summed E-state index contributed by atoms with van der Waals surface area (Å²) in [6.45, 7) is 3.55. The minimum absolute atomic E-state index is 0.130. The van der Waals surface area contributed by atoms with E-state index in [0.717, 1.165) is 6.07 Å². The molecule has 0 aliphatic carbocycles. The molecule has 3 N–H and O–H groups in total. The highest BCUT2D eigenvalue weighted by Gasteiger charge is 2.13. The molecule has 0 spiro atoms. The Kier molecular flexibility index (Phi) is 5.84. The summed E-state index contributed by atoms with van der Waals surface area (Å²) in [5, 5.41) is 2.70. The molecular formula is C18H18FN3O3. The summed E-state index contributed by atoms with van der Waals surface area (Å²) >= 11 is 0. The van der Waals surface area contributed by atoms with Crippen LogP contribution in [0.1, 0.15) is 34.6 Å². The van der Waals surface area contributed by atoms with E-state index >= 15 is 0 Å². The van der Waals surface area contributed by atoms with Crippen LogP contribution in [0.4, 0.5) is 10.1 Å². The molecule has 0 radical (unpaired) electrons. The topological polar surface area (TPSA) is 87.3 Å². The van der Waals surface area contributed by atoms with Gasteiger partial charge in [0.2, 0.25) is 5.91 Å². The number of benzene rings is 2. The smallest absolute Gasteiger partial charge is 0.272 e. The second-order valence-corrected chi connectivity index (χ2v) is 5.61. The monoisotopic (exact) mass is 343 g/mol. The van der Waals surface area contributed by atoms with Gasteiger partial charge in [-0.1, -0.05) is 26.0 Å². The largest absolute Gasteiger partial charge is 0.326 e. The molecule has 3 amide bonds. The fraction of sp³-hybridized carbons (Fsp3) is 0.167. The minimum atomic E-state index is -0.757. The zero-order valence-corrected chi connectivity index (χ0v) is 13.8. The van der Waals surface area contributed by atoms with Crippen LogP contribution in [-0.2, 0) is 4.79 Å². The molecule has 2 rings (SSSR count). The molecule has 0 unspecified atom stereocenters. The van der Waals surface area contributed by atoms with Gasteiger partial charge < -0.3 is 5.32 Å². The van der Waals surface area contributed by atoms with E-state index in [1.807, 2.05) is 0 Å². The summed E-state index contributed by atoms with van der Waals surface area (Å²) in [5.41, 5.74) is 5.03. The Morgan fingerprint density at radius 3 is 2.08 bits per heavy atom. The van der Waals surface area contributed by atoms with Crippen LogP contribution >= 0.6 is 0 Å². The molecule has 0 saturated carbocycles. The molecule has 0 saturated heterocycles. The number of rotatable bonds is 4. The number of hydrazine groups is 1. The highest BCUT2D eigenvalue weighted by Crippen LogP contribution is 2.11. The summed E-state index contributed by atoms with van der Waals surface area (Å²) in [6.07, 6.45) is 0. The Morgan fingerprint density at radius 2 is 1.48 bits per heavy atom. The zero-order chi connectivity index (χ0) is 18.4. The highest BCUT2D eigenvalue weighted by molar-refractivity contribution is 5.99. The van der Waals surface area contributed by atoms with Crippen LogP contribution in [0.5, 0.6) is 0 Å². The maximum Gasteiger partial charge on any atom is 0.272 e. The van der Waals surface area contributed by atoms with Crippen LogP contribution in [0.3, 0.4) is 0 Å². The maximum absolute atomic E-state index is 13.5. The van der Waals surface area contributed by atoms with E-state index in [-0.39, 0.29) is 23.0 Å². The lowest BCUT2D eigenvalue weighted by Crippen LogP contribution is -2.41. The van der Waals surface area contributed by atoms with Gasteiger partial charge in [0.1, 0.15) is 5.82 Å². The summed E-state index contributed by atoms with van der Waals surface area (Å²) < 4.78 is 13.5. The van der Waals surface area contributed by atoms with Crippen molar-refractivity contribution >= 4 is 23.4 Å². The zero-order valence-electron chi connectivity index (χ0n) is 13.8. The van der Waals surface area contributed by atoms with Crippen molar-refractivity contribution in [1.29, 1.82) is 0 Å². The first-order valence-corrected chi connectivity index (χ1v) is 7.64. The molecule has 6 nitrogen and oxygen atoms in total. The number of hydrogen-bond donors (Lipinski definition) is 3. The second kappa shape index (κ2) is 8.05. The molecular weight excluding hydrogens is 325 g/mol. The first kappa shape index (κ1) is 18.1. The van der Waals surface area contributed by atoms with E-state index < -0.39 is 17.6 Å². The quantitative estimate of drug-likeness (QED) is 0.746. The Morgan fingerprint density at radius 1 is 0.880 bits per heavy atom. The van der Waals surface area contributed by atoms with Gasteiger partial charge in [0.25, 0.3) is 11.8 Å². The standard InChI is InChI=1S/C18H18FN3O3/c1-11(2)16(23)20-13-9-7-12(8-10-13)17(24)21-22-18(25)14-5-3-4-6-15(14)19/h3-11H,1-2H3,(H,20,23)(H,21,24)(H,22,25). The minimum Gasteiger partial charge on any atom is -0.326 e. The van der Waals surface area contributed by atoms with E-state index in [4.69, 9.17) is 0 Å². The van der Waals surface area contributed by atoms with Crippen LogP contribution in [-0.4, -0.2) is 17.7 Å². The maximum atomic E-state index is 13.5. The predicted octanol–water partition coefficient (Wildman–Crippen LogP) is 2.50. The third-order valence-electron chi connectivity index (χ3n) is 3.35. The van der Waals surface area contributed by atoms with Gasteiger partial charge in [0.15, 0.2) is 0 Å². The molecule has 2 aromatic rings. The third-order valence-corrected chi connectivity index (χ3v) is 3.35. The van der Waals surface area contributed by atoms with Gasteiger partial charge in [-0.25, -0.2) is 4.39 Å². The first-order chi connectivity index (χ1) is 11.9. The average Bonchev–Trinajstić information content (AvgIpc) is 2.60. The number of halogens is 1. The lowest BCUT2D eigenvalue weighted by atomic mass is 10.1. The number of anilines is 1. The lowest BCUT2D eigenvalue weighted by Gasteiger charge is -2.10. The second-order valence-electron chi connectivity index (χ2n) is 5.61. The van der Waals surface area contributed by atoms with E-state index in [2.05, 4.69) is 16.2 Å². The van der Waals surface area contributed by atoms with E-state index in [0.29, 0.717) is 5.69 Å². The molecule has 25 heavy (non-hydrogen) atoms. The molecule has 2 aromatic carbocycles. The van der Waals surface area contributed by atoms with Crippen molar-refractivity contribution in [3.8, 4) is 0 Å². The average molecular weight is 343 g/mol. The van der Waals surface area contributed by atoms with Crippen LogP contribution in [0.2, 0.25) is 0 Å². The third kappa shape index (κ3) is 4.87. The van der Waals surface area contributed by atoms with Crippen molar-refractivity contribution in [3.63, 3.8) is 0 Å². The lowest BCUT2D eigenvalue weighted by molar-refractivity contribution is -0.118. The van der Waals surface area contributed by atoms with Gasteiger partial charge in [-0.3, -0.25) is 25.2 Å². The Balaban J connectivity index is 1.94. The number of amides is 3. The van der Waals surface area contributed by atoms with Crippen LogP contribution in [0.15, 0.2) is 48.5 Å². The normalized spacial score (nSPS) is 10.2. The fourth-order valence-electron chi connectivity index (χ4n) is 1.89. The highest BCUT2D eigenvalue weighted by atomic mass is 19.1. The number of hydrogen-bond acceptors (Lipinski definition) is 3. The number of carbonyl (C=O) groups is 3. The summed E-state index contributed by atoms with van der Waals surface area (Å²) in [6, 6.07) is 11.6. The van der Waals surface area contributed by atoms with Gasteiger partial charge in [0.05, 0.1) is 5.56 Å². The van der Waals surface area contributed by atoms with Gasteiger partial charge in [-0.15, -0.1) is 0 Å². The molecule has 0 aromatic heterocycles. The van der Waals surface area contributed by atoms with Crippen molar-refractivity contribution < 1.29 is 18.8 Å². The van der Waals surface area contributed by atoms with Crippen molar-refractivity contribution in [2.45, 2.75) is 13.8 Å². The van der Waals surface area contributed by atoms with Crippen LogP contribution in [0, 0.1) is 11.7 Å². The van der Waals surface area contributed by atoms with Crippen molar-refractivity contribution in [1.82, 2.24) is 10.9 Å². The molecule has 0 atom stereocenters. The van der Waals surface area contributed by atoms with Crippen molar-refractivity contribution in [2.24, 2.45) is 5.92 Å². The van der Waals surface area contributed by atoms with Crippen LogP contribution in [0.25, 0.3) is 0 Å². The molecule has 130 valence electrons. The molecule has 0 aliphatic heterocycles. The molecule has 0 fully saturated rings. The summed E-state index contributed by atoms with van der Waals surface area (Å²) in [4.78, 5) is 35.4. The van der Waals surface area contributed by atoms with E-state index in [1.54, 1.807) is 26.0 Å². The summed E-state index contributed by atoms with van der Waals surface area (Å²) in [5.74, 6) is -2.29. The van der Waals surface area contributed by atoms with Gasteiger partial charge in [0, 0.05) is 17.2 Å². The molecule has 7 heteroatoms. The predicted molar refractivity (Wildman–Crippen MR) is 91.2 cm³/mol. The Hall–Kier alpha value is -3.22. The molecule has 0 heterocycles. The Labute approximate surface area is 144 Å². The van der Waals surface area contributed by atoms with E-state index in [9.17, 15) is 18.8 Å². The molecule has 0 aliphatic rings. The van der Waals surface area contributed by atoms with Gasteiger partial charge in [-0.2, -0.15) is 0 Å². The van der Waals surface area contributed by atoms with Crippen molar-refractivity contribution in [3.05, 3.63) is 65.5 Å². The fourth-order valence-corrected chi connectivity index (χ4v) is 1.89. The van der Waals surface area contributed by atoms with Gasteiger partial charge >= 0.3 is 0 Å². The summed E-state index contributed by atoms with van der Waals surface area (Å²) in [7, 11) is 0. The number of nitrogens with one attached hydrogen (secondary N) is 3. The van der Waals surface area contributed by atoms with Gasteiger partial charge in [-0.05, 0) is 36.4 Å². The SMILES string of the molecule is CC(C)C(=O)Nc1ccc(C(=O)NNC(=O)c2ccccc2F)cc1. The van der Waals surface area contributed by atoms with E-state index in [1.165, 1.54) is 30.3 Å².